The van der Waals surface area contributed by atoms with Crippen molar-refractivity contribution in [3.8, 4) is 0 Å². The van der Waals surface area contributed by atoms with Crippen LogP contribution in [0.5, 0.6) is 0 Å². The zero-order valence-corrected chi connectivity index (χ0v) is 17.0. The Hall–Kier alpha value is -2.54. The maximum Gasteiger partial charge on any atom is 0.321 e. The van der Waals surface area contributed by atoms with Crippen LogP contribution in [-0.4, -0.2) is 27.5 Å². The lowest BCUT2D eigenvalue weighted by atomic mass is 10.2. The number of nitrogens with zero attached hydrogens (tertiary/aromatic N) is 1. The van der Waals surface area contributed by atoms with Crippen LogP contribution in [0.2, 0.25) is 0 Å². The number of amides is 2. The van der Waals surface area contributed by atoms with Crippen LogP contribution in [0.15, 0.2) is 53.4 Å². The van der Waals surface area contributed by atoms with Crippen molar-refractivity contribution < 1.29 is 13.2 Å². The molecule has 0 bridgehead atoms. The van der Waals surface area contributed by atoms with Crippen LogP contribution < -0.4 is 14.9 Å². The Bertz CT molecular complexity index is 914. The zero-order chi connectivity index (χ0) is 20.0. The molecule has 0 saturated carbocycles. The summed E-state index contributed by atoms with van der Waals surface area (Å²) in [5.41, 5.74) is 2.17. The molecule has 0 unspecified atom stereocenters. The number of hydrogen-bond donors (Lipinski definition) is 2. The highest BCUT2D eigenvalue weighted by Gasteiger charge is 2.26. The minimum atomic E-state index is -3.66. The number of unbranched alkanes of at least 4 members (excludes halogenated alkanes) is 3. The molecule has 150 valence electrons. The van der Waals surface area contributed by atoms with E-state index in [4.69, 9.17) is 0 Å². The van der Waals surface area contributed by atoms with Gasteiger partial charge in [-0.15, -0.1) is 0 Å². The fraction of sp³-hybridized carbons (Fsp3) is 0.381. The summed E-state index contributed by atoms with van der Waals surface area (Å²) in [6.45, 7) is 3.38. The third kappa shape index (κ3) is 4.84. The van der Waals surface area contributed by atoms with E-state index in [0.717, 1.165) is 30.5 Å². The van der Waals surface area contributed by atoms with E-state index in [1.54, 1.807) is 47.4 Å². The largest absolute Gasteiger partial charge is 0.338 e. The fourth-order valence-electron chi connectivity index (χ4n) is 3.32. The molecule has 0 radical (unpaired) electrons. The number of carbonyl (C=O) groups is 1. The first-order valence-corrected chi connectivity index (χ1v) is 11.3. The van der Waals surface area contributed by atoms with Gasteiger partial charge < -0.3 is 5.32 Å². The fourth-order valence-corrected chi connectivity index (χ4v) is 4.43. The van der Waals surface area contributed by atoms with Crippen molar-refractivity contribution in [2.45, 2.75) is 43.9 Å². The number of benzene rings is 2. The van der Waals surface area contributed by atoms with Crippen LogP contribution >= 0.6 is 0 Å². The summed E-state index contributed by atoms with van der Waals surface area (Å²) in [7, 11) is -3.66. The van der Waals surface area contributed by atoms with Crippen LogP contribution in [0.25, 0.3) is 0 Å². The number of rotatable bonds is 8. The molecule has 2 aromatic carbocycles. The lowest BCUT2D eigenvalue weighted by molar-refractivity contribution is 0.246. The van der Waals surface area contributed by atoms with E-state index in [1.165, 1.54) is 6.42 Å². The van der Waals surface area contributed by atoms with Gasteiger partial charge in [0.2, 0.25) is 0 Å². The molecule has 0 fully saturated rings. The highest BCUT2D eigenvalue weighted by Crippen LogP contribution is 2.30. The Labute approximate surface area is 167 Å². The van der Waals surface area contributed by atoms with Crippen molar-refractivity contribution in [2.24, 2.45) is 0 Å². The number of nitrogens with one attached hydrogen (secondary N) is 2. The van der Waals surface area contributed by atoms with Crippen molar-refractivity contribution in [3.05, 3.63) is 54.1 Å². The highest BCUT2D eigenvalue weighted by atomic mass is 32.2. The van der Waals surface area contributed by atoms with Crippen molar-refractivity contribution in [3.63, 3.8) is 0 Å². The van der Waals surface area contributed by atoms with Crippen molar-refractivity contribution in [1.29, 1.82) is 0 Å². The highest BCUT2D eigenvalue weighted by molar-refractivity contribution is 7.92. The first-order valence-electron chi connectivity index (χ1n) is 9.77. The quantitative estimate of drug-likeness (QED) is 0.653. The van der Waals surface area contributed by atoms with Crippen LogP contribution in [0.1, 0.15) is 38.2 Å². The summed E-state index contributed by atoms with van der Waals surface area (Å²) < 4.78 is 27.9. The van der Waals surface area contributed by atoms with Gasteiger partial charge in [0.1, 0.15) is 0 Å². The Morgan fingerprint density at radius 2 is 1.86 bits per heavy atom. The summed E-state index contributed by atoms with van der Waals surface area (Å²) in [5.74, 6) is 0. The van der Waals surface area contributed by atoms with Gasteiger partial charge in [0.15, 0.2) is 0 Å². The lowest BCUT2D eigenvalue weighted by Gasteiger charge is -2.18. The molecule has 0 aliphatic carbocycles. The second-order valence-corrected chi connectivity index (χ2v) is 8.64. The monoisotopic (exact) mass is 401 g/mol. The molecule has 2 N–H and O–H groups in total. The average Bonchev–Trinajstić information content (AvgIpc) is 3.11. The van der Waals surface area contributed by atoms with Gasteiger partial charge in [-0.3, -0.25) is 9.62 Å². The third-order valence-corrected chi connectivity index (χ3v) is 6.21. The van der Waals surface area contributed by atoms with E-state index >= 15 is 0 Å². The Kier molecular flexibility index (Phi) is 6.57. The van der Waals surface area contributed by atoms with E-state index in [0.29, 0.717) is 25.2 Å². The van der Waals surface area contributed by atoms with Gasteiger partial charge in [0, 0.05) is 24.5 Å². The number of carbonyl (C=O) groups excluding carboxylic acids is 1. The number of fused-ring (bicyclic) bond motifs is 1. The van der Waals surface area contributed by atoms with Crippen molar-refractivity contribution >= 4 is 27.4 Å². The van der Waals surface area contributed by atoms with Crippen LogP contribution in [0.4, 0.5) is 16.2 Å². The number of para-hydroxylation sites is 1. The zero-order valence-electron chi connectivity index (χ0n) is 16.1. The molecule has 1 aliphatic heterocycles. The molecule has 0 spiro atoms. The third-order valence-electron chi connectivity index (χ3n) is 4.83. The topological polar surface area (TPSA) is 78.5 Å². The maximum atomic E-state index is 12.6. The smallest absolute Gasteiger partial charge is 0.321 e. The molecule has 1 heterocycles. The Morgan fingerprint density at radius 3 is 2.61 bits per heavy atom. The molecule has 28 heavy (non-hydrogen) atoms. The van der Waals surface area contributed by atoms with Gasteiger partial charge >= 0.3 is 6.03 Å². The number of urea groups is 1. The molecule has 2 amide bonds. The minimum absolute atomic E-state index is 0.117. The maximum absolute atomic E-state index is 12.6. The summed E-state index contributed by atoms with van der Waals surface area (Å²) >= 11 is 0. The predicted molar refractivity (Wildman–Crippen MR) is 112 cm³/mol. The van der Waals surface area contributed by atoms with Crippen molar-refractivity contribution in [2.75, 3.05) is 22.7 Å². The average molecular weight is 402 g/mol. The van der Waals surface area contributed by atoms with Gasteiger partial charge in [-0.2, -0.15) is 0 Å². The molecular formula is C21H27N3O3S. The SMILES string of the molecule is CCCCCCNC(=O)N1CCc2cc(S(=O)(=O)Nc3ccccc3)ccc21. The van der Waals surface area contributed by atoms with E-state index in [-0.39, 0.29) is 10.9 Å². The summed E-state index contributed by atoms with van der Waals surface area (Å²) in [6, 6.07) is 13.6. The van der Waals surface area contributed by atoms with Crippen LogP contribution in [-0.2, 0) is 16.4 Å². The number of hydrogen-bond acceptors (Lipinski definition) is 3. The van der Waals surface area contributed by atoms with Gasteiger partial charge in [-0.05, 0) is 48.7 Å². The second kappa shape index (κ2) is 9.10. The molecule has 3 rings (SSSR count). The normalized spacial score (nSPS) is 13.2. The predicted octanol–water partition coefficient (Wildman–Crippen LogP) is 4.14. The van der Waals surface area contributed by atoms with E-state index in [9.17, 15) is 13.2 Å². The van der Waals surface area contributed by atoms with E-state index in [2.05, 4.69) is 17.0 Å². The Morgan fingerprint density at radius 1 is 1.07 bits per heavy atom. The second-order valence-electron chi connectivity index (χ2n) is 6.96. The van der Waals surface area contributed by atoms with Gasteiger partial charge in [-0.1, -0.05) is 44.4 Å². The standard InChI is InChI=1S/C21H27N3O3S/c1-2-3-4-8-14-22-21(25)24-15-13-17-16-19(11-12-20(17)24)28(26,27)23-18-9-6-5-7-10-18/h5-7,9-12,16,23H,2-4,8,13-15H2,1H3,(H,22,25). The molecule has 1 aliphatic rings. The Balaban J connectivity index is 1.66. The number of anilines is 2. The lowest BCUT2D eigenvalue weighted by Crippen LogP contribution is -2.39. The molecule has 7 heteroatoms. The van der Waals surface area contributed by atoms with Gasteiger partial charge in [-0.25, -0.2) is 13.2 Å². The molecule has 6 nitrogen and oxygen atoms in total. The van der Waals surface area contributed by atoms with Gasteiger partial charge in [0.25, 0.3) is 10.0 Å². The number of sulfonamides is 1. The van der Waals surface area contributed by atoms with E-state index in [1.807, 2.05) is 6.07 Å². The molecule has 0 aromatic heterocycles. The van der Waals surface area contributed by atoms with Gasteiger partial charge in [0.05, 0.1) is 4.90 Å². The molecular weight excluding hydrogens is 374 g/mol. The summed E-state index contributed by atoms with van der Waals surface area (Å²) in [6.07, 6.45) is 5.08. The summed E-state index contributed by atoms with van der Waals surface area (Å²) in [4.78, 5) is 14.3. The van der Waals surface area contributed by atoms with Crippen LogP contribution in [0.3, 0.4) is 0 Å². The first-order chi connectivity index (χ1) is 13.5. The molecule has 2 aromatic rings. The molecule has 0 atom stereocenters. The van der Waals surface area contributed by atoms with E-state index < -0.39 is 10.0 Å². The summed E-state index contributed by atoms with van der Waals surface area (Å²) in [5, 5.41) is 2.96. The van der Waals surface area contributed by atoms with Crippen molar-refractivity contribution in [1.82, 2.24) is 5.32 Å². The molecule has 0 saturated heterocycles. The first kappa shape index (κ1) is 20.2. The minimum Gasteiger partial charge on any atom is -0.338 e. The van der Waals surface area contributed by atoms with Crippen LogP contribution in [0, 0.1) is 0 Å².